The minimum absolute atomic E-state index is 0.221. The zero-order valence-corrected chi connectivity index (χ0v) is 12.8. The summed E-state index contributed by atoms with van der Waals surface area (Å²) >= 11 is 0. The number of benzene rings is 1. The lowest BCUT2D eigenvalue weighted by Crippen LogP contribution is -2.57. The molecule has 116 valence electrons. The molecule has 5 nitrogen and oxygen atoms in total. The van der Waals surface area contributed by atoms with E-state index in [1.165, 1.54) is 25.7 Å². The van der Waals surface area contributed by atoms with Crippen molar-refractivity contribution in [3.8, 4) is 0 Å². The van der Waals surface area contributed by atoms with Crippen molar-refractivity contribution in [3.05, 3.63) is 30.0 Å². The van der Waals surface area contributed by atoms with Crippen LogP contribution in [-0.2, 0) is 4.84 Å². The molecule has 1 aromatic carbocycles. The van der Waals surface area contributed by atoms with Crippen LogP contribution in [0.15, 0.2) is 28.9 Å². The summed E-state index contributed by atoms with van der Waals surface area (Å²) in [5.74, 6) is 1.41. The molecule has 1 saturated heterocycles. The Labute approximate surface area is 129 Å². The Balaban J connectivity index is 1.45. The summed E-state index contributed by atoms with van der Waals surface area (Å²) in [6, 6.07) is 6.20. The van der Waals surface area contributed by atoms with E-state index >= 15 is 0 Å². The number of nitrogens with one attached hydrogen (secondary N) is 2. The molecule has 22 heavy (non-hydrogen) atoms. The van der Waals surface area contributed by atoms with Gasteiger partial charge in [-0.1, -0.05) is 5.59 Å². The minimum Gasteiger partial charge on any atom is -0.464 e. The Kier molecular flexibility index (Phi) is 2.63. The van der Waals surface area contributed by atoms with Gasteiger partial charge < -0.3 is 4.42 Å². The molecule has 1 spiro atoms. The Hall–Kier alpha value is -1.56. The van der Waals surface area contributed by atoms with Crippen LogP contribution in [0.1, 0.15) is 37.7 Å². The van der Waals surface area contributed by atoms with Gasteiger partial charge in [-0.3, -0.25) is 4.84 Å². The molecule has 2 bridgehead atoms. The SMILES string of the molecule is Cc1coc2ccc(N3NO[C@]4(CC5CCC4CC5)N3)cc12. The van der Waals surface area contributed by atoms with E-state index in [0.717, 1.165) is 34.6 Å². The predicted molar refractivity (Wildman–Crippen MR) is 83.6 cm³/mol. The summed E-state index contributed by atoms with van der Waals surface area (Å²) in [4.78, 5) is 6.05. The van der Waals surface area contributed by atoms with Crippen molar-refractivity contribution in [2.75, 3.05) is 5.12 Å². The summed E-state index contributed by atoms with van der Waals surface area (Å²) in [6.45, 7) is 2.07. The average molecular weight is 299 g/mol. The molecule has 5 heteroatoms. The van der Waals surface area contributed by atoms with Gasteiger partial charge in [-0.2, -0.15) is 5.43 Å². The Bertz CT molecular complexity index is 720. The van der Waals surface area contributed by atoms with Crippen molar-refractivity contribution < 1.29 is 9.25 Å². The first kappa shape index (κ1) is 12.9. The van der Waals surface area contributed by atoms with Crippen LogP contribution in [0.25, 0.3) is 11.0 Å². The van der Waals surface area contributed by atoms with Gasteiger partial charge in [0.25, 0.3) is 0 Å². The highest BCUT2D eigenvalue weighted by atomic mass is 16.7. The molecule has 1 aromatic heterocycles. The number of aryl methyl sites for hydroxylation is 1. The fourth-order valence-corrected chi connectivity index (χ4v) is 4.45. The number of hydrogen-bond acceptors (Lipinski definition) is 5. The maximum absolute atomic E-state index is 6.05. The lowest BCUT2D eigenvalue weighted by atomic mass is 9.66. The van der Waals surface area contributed by atoms with E-state index in [9.17, 15) is 0 Å². The van der Waals surface area contributed by atoms with Crippen LogP contribution in [0.2, 0.25) is 0 Å². The van der Waals surface area contributed by atoms with E-state index in [1.807, 2.05) is 11.2 Å². The van der Waals surface area contributed by atoms with Gasteiger partial charge >= 0.3 is 0 Å². The molecular weight excluding hydrogens is 278 g/mol. The molecule has 3 aliphatic carbocycles. The number of anilines is 1. The van der Waals surface area contributed by atoms with Crippen molar-refractivity contribution in [2.45, 2.75) is 44.8 Å². The van der Waals surface area contributed by atoms with E-state index in [1.54, 1.807) is 6.26 Å². The third-order valence-corrected chi connectivity index (χ3v) is 5.73. The molecule has 0 radical (unpaired) electrons. The standard InChI is InChI=1S/C17H21N3O2/c1-11-10-21-16-7-6-14(8-15(11)16)20-18-17(22-19-20)9-12-2-4-13(17)5-3-12/h6-8,10,12-13,18-19H,2-5,9H2,1H3/t12?,13?,17-/m0/s1. The van der Waals surface area contributed by atoms with Gasteiger partial charge in [-0.05, 0) is 68.7 Å². The maximum atomic E-state index is 6.05. The highest BCUT2D eigenvalue weighted by Gasteiger charge is 2.53. The number of furan rings is 1. The van der Waals surface area contributed by atoms with Gasteiger partial charge in [-0.15, -0.1) is 0 Å². The van der Waals surface area contributed by atoms with Crippen LogP contribution in [0.5, 0.6) is 0 Å². The van der Waals surface area contributed by atoms with Crippen molar-refractivity contribution in [3.63, 3.8) is 0 Å². The lowest BCUT2D eigenvalue weighted by Gasteiger charge is -2.47. The van der Waals surface area contributed by atoms with E-state index < -0.39 is 0 Å². The van der Waals surface area contributed by atoms with Gasteiger partial charge in [0.1, 0.15) is 5.58 Å². The quantitative estimate of drug-likeness (QED) is 0.845. The summed E-state index contributed by atoms with van der Waals surface area (Å²) in [7, 11) is 0. The number of nitrogens with zero attached hydrogens (tertiary/aromatic N) is 1. The largest absolute Gasteiger partial charge is 0.464 e. The fourth-order valence-electron chi connectivity index (χ4n) is 4.45. The first-order valence-corrected chi connectivity index (χ1v) is 8.23. The molecular formula is C17H21N3O2. The van der Waals surface area contributed by atoms with Crippen molar-refractivity contribution in [2.24, 2.45) is 11.8 Å². The first-order chi connectivity index (χ1) is 10.7. The summed E-state index contributed by atoms with van der Waals surface area (Å²) in [5.41, 5.74) is 9.60. The molecule has 4 fully saturated rings. The monoisotopic (exact) mass is 299 g/mol. The lowest BCUT2D eigenvalue weighted by molar-refractivity contribution is -0.153. The highest BCUT2D eigenvalue weighted by molar-refractivity contribution is 5.84. The van der Waals surface area contributed by atoms with Crippen LogP contribution < -0.4 is 16.1 Å². The topological polar surface area (TPSA) is 49.7 Å². The molecule has 2 heterocycles. The van der Waals surface area contributed by atoms with Crippen LogP contribution in [0, 0.1) is 18.8 Å². The third-order valence-electron chi connectivity index (χ3n) is 5.73. The molecule has 2 N–H and O–H groups in total. The predicted octanol–water partition coefficient (Wildman–Crippen LogP) is 3.41. The first-order valence-electron chi connectivity index (χ1n) is 8.23. The van der Waals surface area contributed by atoms with Crippen molar-refractivity contribution in [1.29, 1.82) is 0 Å². The van der Waals surface area contributed by atoms with Crippen molar-refractivity contribution >= 4 is 16.7 Å². The minimum atomic E-state index is -0.221. The van der Waals surface area contributed by atoms with E-state index in [-0.39, 0.29) is 5.72 Å². The maximum Gasteiger partial charge on any atom is 0.163 e. The molecule has 1 atom stereocenters. The zero-order valence-electron chi connectivity index (χ0n) is 12.8. The second-order valence-corrected chi connectivity index (χ2v) is 7.05. The van der Waals surface area contributed by atoms with Crippen LogP contribution >= 0.6 is 0 Å². The molecule has 6 rings (SSSR count). The van der Waals surface area contributed by atoms with Crippen LogP contribution in [-0.4, -0.2) is 5.72 Å². The number of hydrogen-bond donors (Lipinski definition) is 2. The Morgan fingerprint density at radius 1 is 1.23 bits per heavy atom. The Morgan fingerprint density at radius 3 is 2.86 bits per heavy atom. The molecule has 1 aliphatic heterocycles. The van der Waals surface area contributed by atoms with E-state index in [0.29, 0.717) is 5.92 Å². The van der Waals surface area contributed by atoms with Gasteiger partial charge in [0.05, 0.1) is 12.0 Å². The fraction of sp³-hybridized carbons (Fsp3) is 0.529. The zero-order chi connectivity index (χ0) is 14.7. The van der Waals surface area contributed by atoms with E-state index in [4.69, 9.17) is 9.25 Å². The summed E-state index contributed by atoms with van der Waals surface area (Å²) in [6.07, 6.45) is 8.17. The van der Waals surface area contributed by atoms with Crippen LogP contribution in [0.3, 0.4) is 0 Å². The number of hydrazine groups is 2. The molecule has 3 saturated carbocycles. The summed E-state index contributed by atoms with van der Waals surface area (Å²) in [5, 5.41) is 3.07. The molecule has 2 aromatic rings. The van der Waals surface area contributed by atoms with Gasteiger partial charge in [0.2, 0.25) is 0 Å². The number of fused-ring (bicyclic) bond motifs is 3. The van der Waals surface area contributed by atoms with Crippen molar-refractivity contribution in [1.82, 2.24) is 11.0 Å². The molecule has 0 amide bonds. The molecule has 4 aliphatic rings. The van der Waals surface area contributed by atoms with Crippen LogP contribution in [0.4, 0.5) is 5.69 Å². The highest BCUT2D eigenvalue weighted by Crippen LogP contribution is 2.49. The Morgan fingerprint density at radius 2 is 2.09 bits per heavy atom. The smallest absolute Gasteiger partial charge is 0.163 e. The molecule has 0 unspecified atom stereocenters. The van der Waals surface area contributed by atoms with E-state index in [2.05, 4.69) is 30.1 Å². The van der Waals surface area contributed by atoms with Gasteiger partial charge in [0, 0.05) is 11.3 Å². The number of rotatable bonds is 1. The second kappa shape index (κ2) is 4.47. The normalized spacial score (nSPS) is 34.1. The third kappa shape index (κ3) is 1.76. The second-order valence-electron chi connectivity index (χ2n) is 7.05. The summed E-state index contributed by atoms with van der Waals surface area (Å²) < 4.78 is 5.53. The van der Waals surface area contributed by atoms with Gasteiger partial charge in [-0.25, -0.2) is 5.12 Å². The van der Waals surface area contributed by atoms with Gasteiger partial charge in [0.15, 0.2) is 5.72 Å². The average Bonchev–Trinajstić information content (AvgIpc) is 3.13.